The van der Waals surface area contributed by atoms with Gasteiger partial charge in [0.2, 0.25) is 0 Å². The first-order valence-corrected chi connectivity index (χ1v) is 6.82. The molecular formula is C13H25F3N2. The number of alkyl halides is 3. The molecule has 1 N–H and O–H groups in total. The monoisotopic (exact) mass is 266 g/mol. The average Bonchev–Trinajstić information content (AvgIpc) is 2.20. The number of rotatable bonds is 5. The van der Waals surface area contributed by atoms with Crippen molar-refractivity contribution in [1.29, 1.82) is 0 Å². The SMILES string of the molecule is CC(C)CC1CN(CCCC(F)(F)F)C(C)CN1. The molecule has 108 valence electrons. The van der Waals surface area contributed by atoms with Crippen LogP contribution in [-0.4, -0.2) is 42.8 Å². The predicted octanol–water partition coefficient (Wildman–Crippen LogP) is 3.04. The maximum absolute atomic E-state index is 12.1. The first-order valence-electron chi connectivity index (χ1n) is 6.82. The van der Waals surface area contributed by atoms with E-state index in [1.807, 2.05) is 0 Å². The van der Waals surface area contributed by atoms with Gasteiger partial charge in [-0.05, 0) is 32.2 Å². The van der Waals surface area contributed by atoms with Crippen molar-refractivity contribution >= 4 is 0 Å². The highest BCUT2D eigenvalue weighted by Crippen LogP contribution is 2.22. The summed E-state index contributed by atoms with van der Waals surface area (Å²) in [6, 6.07) is 0.758. The van der Waals surface area contributed by atoms with Crippen LogP contribution in [0.3, 0.4) is 0 Å². The summed E-state index contributed by atoms with van der Waals surface area (Å²) in [5.74, 6) is 0.618. The van der Waals surface area contributed by atoms with Crippen molar-refractivity contribution in [3.05, 3.63) is 0 Å². The lowest BCUT2D eigenvalue weighted by atomic mass is 10.00. The minimum atomic E-state index is -4.02. The number of halogens is 3. The van der Waals surface area contributed by atoms with Gasteiger partial charge >= 0.3 is 6.18 Å². The van der Waals surface area contributed by atoms with Gasteiger partial charge in [-0.25, -0.2) is 0 Å². The van der Waals surface area contributed by atoms with Crippen LogP contribution in [0.5, 0.6) is 0 Å². The second-order valence-corrected chi connectivity index (χ2v) is 5.80. The highest BCUT2D eigenvalue weighted by molar-refractivity contribution is 4.84. The van der Waals surface area contributed by atoms with Crippen molar-refractivity contribution < 1.29 is 13.2 Å². The maximum Gasteiger partial charge on any atom is 0.389 e. The molecule has 0 aromatic carbocycles. The minimum Gasteiger partial charge on any atom is -0.311 e. The molecule has 1 saturated heterocycles. The number of hydrogen-bond donors (Lipinski definition) is 1. The number of piperazine rings is 1. The summed E-state index contributed by atoms with van der Waals surface area (Å²) in [4.78, 5) is 2.19. The van der Waals surface area contributed by atoms with E-state index in [4.69, 9.17) is 0 Å². The van der Waals surface area contributed by atoms with E-state index >= 15 is 0 Å². The molecule has 0 saturated carbocycles. The van der Waals surface area contributed by atoms with E-state index in [9.17, 15) is 13.2 Å². The summed E-state index contributed by atoms with van der Waals surface area (Å²) in [5, 5.41) is 3.47. The Morgan fingerprint density at radius 2 is 2.00 bits per heavy atom. The molecule has 2 unspecified atom stereocenters. The predicted molar refractivity (Wildman–Crippen MR) is 67.6 cm³/mol. The smallest absolute Gasteiger partial charge is 0.311 e. The molecule has 2 nitrogen and oxygen atoms in total. The maximum atomic E-state index is 12.1. The van der Waals surface area contributed by atoms with Gasteiger partial charge in [0.05, 0.1) is 0 Å². The summed E-state index contributed by atoms with van der Waals surface area (Å²) in [5.41, 5.74) is 0. The summed E-state index contributed by atoms with van der Waals surface area (Å²) in [6.45, 7) is 8.73. The Morgan fingerprint density at radius 3 is 2.56 bits per heavy atom. The summed E-state index contributed by atoms with van der Waals surface area (Å²) < 4.78 is 36.4. The van der Waals surface area contributed by atoms with Gasteiger partial charge in [-0.15, -0.1) is 0 Å². The molecule has 0 radical (unpaired) electrons. The Balaban J connectivity index is 2.33. The number of nitrogens with zero attached hydrogens (tertiary/aromatic N) is 1. The van der Waals surface area contributed by atoms with E-state index < -0.39 is 12.6 Å². The molecule has 0 aromatic rings. The molecule has 1 rings (SSSR count). The van der Waals surface area contributed by atoms with Crippen molar-refractivity contribution in [1.82, 2.24) is 10.2 Å². The standard InChI is InChI=1S/C13H25F3N2/c1-10(2)7-12-9-18(11(3)8-17-12)6-4-5-13(14,15)16/h10-12,17H,4-9H2,1-3H3. The van der Waals surface area contributed by atoms with Gasteiger partial charge in [0.25, 0.3) is 0 Å². The van der Waals surface area contributed by atoms with Gasteiger partial charge in [-0.2, -0.15) is 13.2 Å². The van der Waals surface area contributed by atoms with E-state index in [-0.39, 0.29) is 6.42 Å². The van der Waals surface area contributed by atoms with Crippen molar-refractivity contribution in [3.63, 3.8) is 0 Å². The molecule has 1 aliphatic heterocycles. The zero-order chi connectivity index (χ0) is 13.8. The Bertz CT molecular complexity index is 241. The fraction of sp³-hybridized carbons (Fsp3) is 1.00. The fourth-order valence-electron chi connectivity index (χ4n) is 2.52. The largest absolute Gasteiger partial charge is 0.389 e. The number of hydrogen-bond acceptors (Lipinski definition) is 2. The van der Waals surface area contributed by atoms with E-state index in [1.165, 1.54) is 0 Å². The molecule has 1 fully saturated rings. The van der Waals surface area contributed by atoms with Crippen LogP contribution in [0.4, 0.5) is 13.2 Å². The summed E-state index contributed by atoms with van der Waals surface area (Å²) in [6.07, 6.45) is -3.39. The second kappa shape index (κ2) is 6.75. The Kier molecular flexibility index (Phi) is 5.92. The van der Waals surface area contributed by atoms with Crippen molar-refractivity contribution in [3.8, 4) is 0 Å². The quantitative estimate of drug-likeness (QED) is 0.823. The van der Waals surface area contributed by atoms with Gasteiger partial charge < -0.3 is 5.32 Å². The average molecular weight is 266 g/mol. The van der Waals surface area contributed by atoms with Crippen LogP contribution >= 0.6 is 0 Å². The van der Waals surface area contributed by atoms with E-state index in [0.29, 0.717) is 24.5 Å². The van der Waals surface area contributed by atoms with Gasteiger partial charge in [0.15, 0.2) is 0 Å². The van der Waals surface area contributed by atoms with Crippen LogP contribution in [0.2, 0.25) is 0 Å². The fourth-order valence-corrected chi connectivity index (χ4v) is 2.52. The van der Waals surface area contributed by atoms with Crippen molar-refractivity contribution in [2.45, 2.75) is 58.3 Å². The van der Waals surface area contributed by atoms with Crippen LogP contribution in [0.15, 0.2) is 0 Å². The number of nitrogens with one attached hydrogen (secondary N) is 1. The van der Waals surface area contributed by atoms with E-state index in [0.717, 1.165) is 19.5 Å². The highest BCUT2D eigenvalue weighted by atomic mass is 19.4. The lowest BCUT2D eigenvalue weighted by molar-refractivity contribution is -0.136. The molecule has 0 aliphatic carbocycles. The van der Waals surface area contributed by atoms with Crippen molar-refractivity contribution in [2.24, 2.45) is 5.92 Å². The molecular weight excluding hydrogens is 241 g/mol. The molecule has 2 atom stereocenters. The topological polar surface area (TPSA) is 15.3 Å². The van der Waals surface area contributed by atoms with Crippen LogP contribution in [0, 0.1) is 5.92 Å². The Hall–Kier alpha value is -0.290. The Morgan fingerprint density at radius 1 is 1.33 bits per heavy atom. The van der Waals surface area contributed by atoms with Crippen LogP contribution in [0.25, 0.3) is 0 Å². The van der Waals surface area contributed by atoms with Gasteiger partial charge in [-0.1, -0.05) is 13.8 Å². The van der Waals surface area contributed by atoms with E-state index in [1.54, 1.807) is 0 Å². The molecule has 1 aliphatic rings. The lowest BCUT2D eigenvalue weighted by Crippen LogP contribution is -2.55. The molecule has 0 aromatic heterocycles. The summed E-state index contributed by atoms with van der Waals surface area (Å²) >= 11 is 0. The third-order valence-corrected chi connectivity index (χ3v) is 3.44. The van der Waals surface area contributed by atoms with Gasteiger partial charge in [-0.3, -0.25) is 4.90 Å². The van der Waals surface area contributed by atoms with Crippen molar-refractivity contribution in [2.75, 3.05) is 19.6 Å². The molecule has 5 heteroatoms. The van der Waals surface area contributed by atoms with E-state index in [2.05, 4.69) is 31.0 Å². The first-order chi connectivity index (χ1) is 8.28. The second-order valence-electron chi connectivity index (χ2n) is 5.80. The minimum absolute atomic E-state index is 0.211. The summed E-state index contributed by atoms with van der Waals surface area (Å²) in [7, 11) is 0. The lowest BCUT2D eigenvalue weighted by Gasteiger charge is -2.39. The highest BCUT2D eigenvalue weighted by Gasteiger charge is 2.29. The Labute approximate surface area is 108 Å². The van der Waals surface area contributed by atoms with Crippen LogP contribution in [0.1, 0.15) is 40.0 Å². The van der Waals surface area contributed by atoms with Crippen LogP contribution in [-0.2, 0) is 0 Å². The molecule has 0 amide bonds. The van der Waals surface area contributed by atoms with Gasteiger partial charge in [0, 0.05) is 31.6 Å². The van der Waals surface area contributed by atoms with Gasteiger partial charge in [0.1, 0.15) is 0 Å². The zero-order valence-electron chi connectivity index (χ0n) is 11.6. The third kappa shape index (κ3) is 6.05. The van der Waals surface area contributed by atoms with Crippen LogP contribution < -0.4 is 5.32 Å². The normalized spacial score (nSPS) is 26.8. The first kappa shape index (κ1) is 15.8. The third-order valence-electron chi connectivity index (χ3n) is 3.44. The molecule has 0 bridgehead atoms. The molecule has 0 spiro atoms. The molecule has 18 heavy (non-hydrogen) atoms. The zero-order valence-corrected chi connectivity index (χ0v) is 11.6. The molecule has 1 heterocycles.